The molecule has 0 spiro atoms. The topological polar surface area (TPSA) is 73.6 Å². The van der Waals surface area contributed by atoms with Crippen molar-refractivity contribution in [1.82, 2.24) is 4.98 Å². The molecule has 2 aromatic carbocycles. The number of anilines is 2. The van der Waals surface area contributed by atoms with E-state index >= 15 is 0 Å². The molecule has 1 N–H and O–H groups in total. The third-order valence-electron chi connectivity index (χ3n) is 3.24. The van der Waals surface area contributed by atoms with Gasteiger partial charge in [-0.2, -0.15) is 4.98 Å². The number of benzene rings is 2. The first-order valence-electron chi connectivity index (χ1n) is 7.18. The van der Waals surface area contributed by atoms with E-state index in [4.69, 9.17) is 13.9 Å². The molecule has 0 radical (unpaired) electrons. The molecule has 0 fully saturated rings. The van der Waals surface area contributed by atoms with Crippen molar-refractivity contribution >= 4 is 28.8 Å². The number of aromatic nitrogens is 1. The Morgan fingerprint density at radius 2 is 2.00 bits per heavy atom. The number of hydrogen-bond donors (Lipinski definition) is 1. The predicted molar refractivity (Wildman–Crippen MR) is 86.2 cm³/mol. The van der Waals surface area contributed by atoms with Gasteiger partial charge in [0.25, 0.3) is 6.01 Å². The summed E-state index contributed by atoms with van der Waals surface area (Å²) in [4.78, 5) is 16.1. The normalized spacial score (nSPS) is 10.5. The lowest BCUT2D eigenvalue weighted by atomic mass is 10.2. The van der Waals surface area contributed by atoms with Crippen molar-refractivity contribution < 1.29 is 18.7 Å². The van der Waals surface area contributed by atoms with Crippen LogP contribution in [-0.2, 0) is 4.74 Å². The molecule has 0 amide bonds. The molecule has 0 atom stereocenters. The van der Waals surface area contributed by atoms with Gasteiger partial charge in [0, 0.05) is 5.69 Å². The van der Waals surface area contributed by atoms with E-state index in [0.717, 1.165) is 11.4 Å². The average molecular weight is 312 g/mol. The van der Waals surface area contributed by atoms with Gasteiger partial charge in [-0.25, -0.2) is 4.79 Å². The molecule has 3 aromatic rings. The third kappa shape index (κ3) is 3.26. The number of nitrogens with one attached hydrogen (secondary N) is 1. The van der Waals surface area contributed by atoms with E-state index in [9.17, 15) is 4.79 Å². The molecule has 1 aromatic heterocycles. The van der Waals surface area contributed by atoms with Crippen molar-refractivity contribution in [2.75, 3.05) is 19.0 Å². The summed E-state index contributed by atoms with van der Waals surface area (Å²) in [7, 11) is 1.62. The highest BCUT2D eigenvalue weighted by molar-refractivity contribution is 5.93. The predicted octanol–water partition coefficient (Wildman–Crippen LogP) is 3.76. The highest BCUT2D eigenvalue weighted by atomic mass is 16.5. The Balaban J connectivity index is 1.83. The number of fused-ring (bicyclic) bond motifs is 1. The molecule has 1 heterocycles. The second kappa shape index (κ2) is 6.39. The Morgan fingerprint density at radius 3 is 2.70 bits per heavy atom. The van der Waals surface area contributed by atoms with Gasteiger partial charge in [-0.05, 0) is 49.4 Å². The lowest BCUT2D eigenvalue weighted by molar-refractivity contribution is 0.0526. The van der Waals surface area contributed by atoms with Gasteiger partial charge in [0.05, 0.1) is 19.3 Å². The number of nitrogens with zero attached hydrogens (tertiary/aromatic N) is 1. The number of methoxy groups -OCH3 is 1. The Hall–Kier alpha value is -3.02. The number of hydrogen-bond acceptors (Lipinski definition) is 6. The highest BCUT2D eigenvalue weighted by Gasteiger charge is 2.11. The Morgan fingerprint density at radius 1 is 1.22 bits per heavy atom. The van der Waals surface area contributed by atoms with Crippen LogP contribution in [0.4, 0.5) is 11.7 Å². The first-order valence-corrected chi connectivity index (χ1v) is 7.18. The van der Waals surface area contributed by atoms with Crippen LogP contribution in [0.25, 0.3) is 11.1 Å². The van der Waals surface area contributed by atoms with Gasteiger partial charge in [0.15, 0.2) is 5.58 Å². The zero-order valence-corrected chi connectivity index (χ0v) is 12.8. The molecule has 0 saturated carbocycles. The van der Waals surface area contributed by atoms with E-state index in [2.05, 4.69) is 10.3 Å². The van der Waals surface area contributed by atoms with Gasteiger partial charge < -0.3 is 19.2 Å². The van der Waals surface area contributed by atoms with Crippen molar-refractivity contribution in [3.8, 4) is 5.75 Å². The minimum Gasteiger partial charge on any atom is -0.497 e. The quantitative estimate of drug-likeness (QED) is 0.723. The van der Waals surface area contributed by atoms with Crippen molar-refractivity contribution in [2.24, 2.45) is 0 Å². The lowest BCUT2D eigenvalue weighted by Gasteiger charge is -2.02. The molecule has 0 bridgehead atoms. The molecule has 0 aliphatic rings. The molecule has 0 unspecified atom stereocenters. The van der Waals surface area contributed by atoms with Gasteiger partial charge in [0.2, 0.25) is 0 Å². The molecule has 6 nitrogen and oxygen atoms in total. The van der Waals surface area contributed by atoms with Crippen molar-refractivity contribution in [3.63, 3.8) is 0 Å². The summed E-state index contributed by atoms with van der Waals surface area (Å²) in [6.07, 6.45) is 0. The number of carbonyl (C=O) groups is 1. The molecule has 0 saturated heterocycles. The monoisotopic (exact) mass is 312 g/mol. The maximum Gasteiger partial charge on any atom is 0.338 e. The second-order valence-electron chi connectivity index (χ2n) is 4.78. The first-order chi connectivity index (χ1) is 11.2. The summed E-state index contributed by atoms with van der Waals surface area (Å²) in [5.74, 6) is 0.397. The fourth-order valence-electron chi connectivity index (χ4n) is 2.12. The summed E-state index contributed by atoms with van der Waals surface area (Å²) in [5, 5.41) is 3.07. The van der Waals surface area contributed by atoms with Crippen LogP contribution in [-0.4, -0.2) is 24.7 Å². The first kappa shape index (κ1) is 14.9. The molecule has 23 heavy (non-hydrogen) atoms. The molecular formula is C17H16N2O4. The summed E-state index contributed by atoms with van der Waals surface area (Å²) in [6.45, 7) is 2.10. The number of esters is 1. The highest BCUT2D eigenvalue weighted by Crippen LogP contribution is 2.24. The van der Waals surface area contributed by atoms with E-state index in [1.807, 2.05) is 24.3 Å². The molecule has 0 aliphatic carbocycles. The van der Waals surface area contributed by atoms with E-state index in [1.54, 1.807) is 32.2 Å². The SMILES string of the molecule is CCOC(=O)c1ccc2oc(Nc3ccc(OC)cc3)nc2c1. The van der Waals surface area contributed by atoms with Crippen molar-refractivity contribution in [3.05, 3.63) is 48.0 Å². The fourth-order valence-corrected chi connectivity index (χ4v) is 2.12. The van der Waals surface area contributed by atoms with Crippen LogP contribution in [0.5, 0.6) is 5.75 Å². The van der Waals surface area contributed by atoms with Crippen LogP contribution in [0.15, 0.2) is 46.9 Å². The molecular weight excluding hydrogens is 296 g/mol. The van der Waals surface area contributed by atoms with Gasteiger partial charge in [-0.3, -0.25) is 0 Å². The molecule has 118 valence electrons. The largest absolute Gasteiger partial charge is 0.497 e. The lowest BCUT2D eigenvalue weighted by Crippen LogP contribution is -2.03. The Bertz CT molecular complexity index is 824. The molecule has 0 aliphatic heterocycles. The molecule has 3 rings (SSSR count). The van der Waals surface area contributed by atoms with Gasteiger partial charge in [-0.15, -0.1) is 0 Å². The van der Waals surface area contributed by atoms with E-state index in [-0.39, 0.29) is 5.97 Å². The zero-order chi connectivity index (χ0) is 16.2. The second-order valence-corrected chi connectivity index (χ2v) is 4.78. The average Bonchev–Trinajstić information content (AvgIpc) is 2.97. The summed E-state index contributed by atoms with van der Waals surface area (Å²) in [5.41, 5.74) is 2.45. The van der Waals surface area contributed by atoms with Crippen LogP contribution >= 0.6 is 0 Å². The van der Waals surface area contributed by atoms with Crippen LogP contribution in [0.1, 0.15) is 17.3 Å². The third-order valence-corrected chi connectivity index (χ3v) is 3.24. The standard InChI is InChI=1S/C17H16N2O4/c1-3-22-16(20)11-4-9-15-14(10-11)19-17(23-15)18-12-5-7-13(21-2)8-6-12/h4-10H,3H2,1-2H3,(H,18,19). The van der Waals surface area contributed by atoms with Gasteiger partial charge in [0.1, 0.15) is 11.3 Å². The number of ether oxygens (including phenoxy) is 2. The fraction of sp³-hybridized carbons (Fsp3) is 0.176. The van der Waals surface area contributed by atoms with Crippen molar-refractivity contribution in [1.29, 1.82) is 0 Å². The zero-order valence-electron chi connectivity index (χ0n) is 12.8. The van der Waals surface area contributed by atoms with Gasteiger partial charge >= 0.3 is 5.97 Å². The maximum absolute atomic E-state index is 11.7. The minimum atomic E-state index is -0.373. The summed E-state index contributed by atoms with van der Waals surface area (Å²) in [6, 6.07) is 12.8. The van der Waals surface area contributed by atoms with Crippen molar-refractivity contribution in [2.45, 2.75) is 6.92 Å². The van der Waals surface area contributed by atoms with Crippen LogP contribution in [0.2, 0.25) is 0 Å². The maximum atomic E-state index is 11.7. The van der Waals surface area contributed by atoms with Gasteiger partial charge in [-0.1, -0.05) is 0 Å². The Labute approximate surface area is 133 Å². The number of carbonyl (C=O) groups excluding carboxylic acids is 1. The smallest absolute Gasteiger partial charge is 0.338 e. The van der Waals surface area contributed by atoms with Crippen LogP contribution in [0, 0.1) is 0 Å². The van der Waals surface area contributed by atoms with E-state index in [1.165, 1.54) is 0 Å². The van der Waals surface area contributed by atoms with Crippen LogP contribution in [0.3, 0.4) is 0 Å². The minimum absolute atomic E-state index is 0.333. The van der Waals surface area contributed by atoms with E-state index < -0.39 is 0 Å². The molecule has 6 heteroatoms. The summed E-state index contributed by atoms with van der Waals surface area (Å²) < 4.78 is 15.7. The Kier molecular flexibility index (Phi) is 4.14. The number of rotatable bonds is 5. The summed E-state index contributed by atoms with van der Waals surface area (Å²) >= 11 is 0. The number of oxazole rings is 1. The van der Waals surface area contributed by atoms with E-state index in [0.29, 0.717) is 29.3 Å². The van der Waals surface area contributed by atoms with Crippen LogP contribution < -0.4 is 10.1 Å².